The van der Waals surface area contributed by atoms with E-state index in [2.05, 4.69) is 20.6 Å². The Morgan fingerprint density at radius 3 is 2.78 bits per heavy atom. The molecule has 4 amide bonds. The molecule has 146 valence electrons. The van der Waals surface area contributed by atoms with Gasteiger partial charge < -0.3 is 25.4 Å². The van der Waals surface area contributed by atoms with Crippen LogP contribution in [0.5, 0.6) is 0 Å². The minimum atomic E-state index is -0.610. The smallest absolute Gasteiger partial charge is 0.317 e. The number of carbonyl (C=O) groups excluding carboxylic acids is 3. The number of hydrogen-bond acceptors (Lipinski definition) is 4. The first kappa shape index (κ1) is 17.8. The summed E-state index contributed by atoms with van der Waals surface area (Å²) in [6.45, 7) is 1.08. The zero-order valence-corrected chi connectivity index (χ0v) is 15.3. The molecule has 3 heterocycles. The second-order valence-corrected chi connectivity index (χ2v) is 7.62. The van der Waals surface area contributed by atoms with Crippen LogP contribution in [0.4, 0.5) is 4.79 Å². The second-order valence-electron chi connectivity index (χ2n) is 7.62. The minimum absolute atomic E-state index is 0.0958. The fourth-order valence-corrected chi connectivity index (χ4v) is 4.25. The molecule has 2 saturated heterocycles. The highest BCUT2D eigenvalue weighted by molar-refractivity contribution is 5.97. The predicted octanol–water partition coefficient (Wildman–Crippen LogP) is 0.00570. The predicted molar refractivity (Wildman–Crippen MR) is 96.7 cm³/mol. The van der Waals surface area contributed by atoms with Crippen LogP contribution in [0.1, 0.15) is 37.8 Å². The van der Waals surface area contributed by atoms with E-state index in [-0.39, 0.29) is 30.4 Å². The number of fused-ring (bicyclic) bond motifs is 1. The van der Waals surface area contributed by atoms with Crippen LogP contribution in [-0.4, -0.2) is 75.4 Å². The Morgan fingerprint density at radius 2 is 2.04 bits per heavy atom. The van der Waals surface area contributed by atoms with Crippen molar-refractivity contribution in [3.63, 3.8) is 0 Å². The molecule has 1 aromatic heterocycles. The van der Waals surface area contributed by atoms with Crippen molar-refractivity contribution >= 4 is 17.8 Å². The van der Waals surface area contributed by atoms with E-state index in [0.717, 1.165) is 31.4 Å². The van der Waals surface area contributed by atoms with E-state index in [1.165, 1.54) is 6.42 Å². The summed E-state index contributed by atoms with van der Waals surface area (Å²) in [6, 6.07) is -1.09. The van der Waals surface area contributed by atoms with Crippen molar-refractivity contribution in [3.8, 4) is 0 Å². The molecule has 1 aromatic rings. The van der Waals surface area contributed by atoms with Crippen LogP contribution in [0.15, 0.2) is 12.5 Å². The fraction of sp³-hybridized carbons (Fsp3) is 0.667. The molecule has 9 heteroatoms. The number of carbonyl (C=O) groups is 3. The molecule has 2 aliphatic heterocycles. The van der Waals surface area contributed by atoms with Crippen LogP contribution in [0.3, 0.4) is 0 Å². The maximum Gasteiger partial charge on any atom is 0.317 e. The number of rotatable bonds is 3. The zero-order valence-electron chi connectivity index (χ0n) is 15.3. The summed E-state index contributed by atoms with van der Waals surface area (Å²) in [5, 5.41) is 5.90. The molecule has 0 bridgehead atoms. The molecule has 1 saturated carbocycles. The number of imidazole rings is 1. The number of aromatic nitrogens is 2. The molecule has 9 nitrogen and oxygen atoms in total. The molecular weight excluding hydrogens is 348 g/mol. The van der Waals surface area contributed by atoms with Crippen molar-refractivity contribution in [2.75, 3.05) is 19.6 Å². The first-order valence-corrected chi connectivity index (χ1v) is 9.75. The summed E-state index contributed by atoms with van der Waals surface area (Å²) in [5.41, 5.74) is 0.803. The number of piperazine rings is 2. The maximum absolute atomic E-state index is 12.8. The number of nitrogens with one attached hydrogen (secondary N) is 3. The van der Waals surface area contributed by atoms with Gasteiger partial charge in [0, 0.05) is 37.4 Å². The lowest BCUT2D eigenvalue weighted by Crippen LogP contribution is -2.70. The van der Waals surface area contributed by atoms with Gasteiger partial charge in [-0.1, -0.05) is 19.3 Å². The lowest BCUT2D eigenvalue weighted by atomic mass is 9.95. The largest absolute Gasteiger partial charge is 0.348 e. The van der Waals surface area contributed by atoms with Crippen molar-refractivity contribution in [2.24, 2.45) is 0 Å². The SMILES string of the molecule is O=C1N[C@@H](Cc2cnc[nH]2)C(=O)N2CCN(C(=O)NC3CCCCC3)C[C@H]12. The summed E-state index contributed by atoms with van der Waals surface area (Å²) < 4.78 is 0. The fourth-order valence-electron chi connectivity index (χ4n) is 4.25. The molecule has 3 N–H and O–H groups in total. The van der Waals surface area contributed by atoms with Gasteiger partial charge in [-0.3, -0.25) is 9.59 Å². The Hall–Kier alpha value is -2.58. The highest BCUT2D eigenvalue weighted by Crippen LogP contribution is 2.20. The molecular formula is C18H26N6O3. The van der Waals surface area contributed by atoms with Crippen LogP contribution in [0.2, 0.25) is 0 Å². The number of nitrogens with zero attached hydrogens (tertiary/aromatic N) is 3. The molecule has 0 radical (unpaired) electrons. The molecule has 27 heavy (non-hydrogen) atoms. The molecule has 0 spiro atoms. The monoisotopic (exact) mass is 374 g/mol. The third-order valence-corrected chi connectivity index (χ3v) is 5.78. The number of aromatic amines is 1. The number of hydrogen-bond donors (Lipinski definition) is 3. The summed E-state index contributed by atoms with van der Waals surface area (Å²) in [7, 11) is 0. The Morgan fingerprint density at radius 1 is 1.22 bits per heavy atom. The first-order chi connectivity index (χ1) is 13.1. The molecule has 0 aromatic carbocycles. The van der Waals surface area contributed by atoms with Gasteiger partial charge >= 0.3 is 6.03 Å². The maximum atomic E-state index is 12.8. The van der Waals surface area contributed by atoms with Crippen molar-refractivity contribution < 1.29 is 14.4 Å². The Balaban J connectivity index is 1.36. The van der Waals surface area contributed by atoms with Crippen molar-refractivity contribution in [2.45, 2.75) is 56.7 Å². The lowest BCUT2D eigenvalue weighted by Gasteiger charge is -2.45. The average Bonchev–Trinajstić information content (AvgIpc) is 3.19. The molecule has 2 atom stereocenters. The van der Waals surface area contributed by atoms with E-state index in [4.69, 9.17) is 0 Å². The lowest BCUT2D eigenvalue weighted by molar-refractivity contribution is -0.152. The van der Waals surface area contributed by atoms with Crippen LogP contribution >= 0.6 is 0 Å². The molecule has 0 unspecified atom stereocenters. The minimum Gasteiger partial charge on any atom is -0.348 e. The van der Waals surface area contributed by atoms with Gasteiger partial charge in [-0.05, 0) is 12.8 Å². The van der Waals surface area contributed by atoms with Gasteiger partial charge in [-0.2, -0.15) is 0 Å². The summed E-state index contributed by atoms with van der Waals surface area (Å²) >= 11 is 0. The van der Waals surface area contributed by atoms with Gasteiger partial charge in [-0.15, -0.1) is 0 Å². The van der Waals surface area contributed by atoms with Gasteiger partial charge in [0.25, 0.3) is 0 Å². The van der Waals surface area contributed by atoms with Crippen LogP contribution < -0.4 is 10.6 Å². The third-order valence-electron chi connectivity index (χ3n) is 5.78. The summed E-state index contributed by atoms with van der Waals surface area (Å²) in [4.78, 5) is 48.1. The highest BCUT2D eigenvalue weighted by Gasteiger charge is 2.44. The quantitative estimate of drug-likeness (QED) is 0.692. The average molecular weight is 374 g/mol. The Labute approximate surface area is 157 Å². The number of H-pyrrole nitrogens is 1. The van der Waals surface area contributed by atoms with Crippen molar-refractivity contribution in [3.05, 3.63) is 18.2 Å². The van der Waals surface area contributed by atoms with Crippen molar-refractivity contribution in [1.82, 2.24) is 30.4 Å². The van der Waals surface area contributed by atoms with E-state index < -0.39 is 12.1 Å². The molecule has 3 fully saturated rings. The van der Waals surface area contributed by atoms with E-state index in [9.17, 15) is 14.4 Å². The van der Waals surface area contributed by atoms with Crippen LogP contribution in [0, 0.1) is 0 Å². The van der Waals surface area contributed by atoms with Gasteiger partial charge in [0.2, 0.25) is 11.8 Å². The summed E-state index contributed by atoms with van der Waals surface area (Å²) in [5.74, 6) is -0.296. The first-order valence-electron chi connectivity index (χ1n) is 9.75. The Bertz CT molecular complexity index is 700. The van der Waals surface area contributed by atoms with Gasteiger partial charge in [0.1, 0.15) is 12.1 Å². The molecule has 1 aliphatic carbocycles. The van der Waals surface area contributed by atoms with E-state index in [0.29, 0.717) is 19.5 Å². The Kier molecular flexibility index (Phi) is 5.00. The zero-order chi connectivity index (χ0) is 18.8. The topological polar surface area (TPSA) is 110 Å². The standard InChI is InChI=1S/C18H26N6O3/c25-16-15-10-23(18(27)21-12-4-2-1-3-5-12)6-7-24(15)17(26)14(22-16)8-13-9-19-11-20-13/h9,11-12,14-15H,1-8,10H2,(H,19,20)(H,21,27)(H,22,25)/t14-,15+/m0/s1. The van der Waals surface area contributed by atoms with Crippen LogP contribution in [0.25, 0.3) is 0 Å². The van der Waals surface area contributed by atoms with Gasteiger partial charge in [0.15, 0.2) is 0 Å². The number of amides is 4. The summed E-state index contributed by atoms with van der Waals surface area (Å²) in [6.07, 6.45) is 9.16. The molecule has 4 rings (SSSR count). The normalized spacial score (nSPS) is 26.5. The van der Waals surface area contributed by atoms with Gasteiger partial charge in [0.05, 0.1) is 12.9 Å². The highest BCUT2D eigenvalue weighted by atomic mass is 16.2. The molecule has 3 aliphatic rings. The second kappa shape index (κ2) is 7.58. The van der Waals surface area contributed by atoms with E-state index in [1.807, 2.05) is 0 Å². The van der Waals surface area contributed by atoms with Gasteiger partial charge in [-0.25, -0.2) is 9.78 Å². The number of urea groups is 1. The van der Waals surface area contributed by atoms with Crippen molar-refractivity contribution in [1.29, 1.82) is 0 Å². The third kappa shape index (κ3) is 3.77. The van der Waals surface area contributed by atoms with E-state index >= 15 is 0 Å². The van der Waals surface area contributed by atoms with Crippen LogP contribution in [-0.2, 0) is 16.0 Å². The van der Waals surface area contributed by atoms with E-state index in [1.54, 1.807) is 22.3 Å².